The molecule has 4 heteroatoms. The van der Waals surface area contributed by atoms with Gasteiger partial charge in [0.1, 0.15) is 0 Å². The highest BCUT2D eigenvalue weighted by Crippen LogP contribution is 2.40. The molecule has 0 saturated heterocycles. The summed E-state index contributed by atoms with van der Waals surface area (Å²) in [5.74, 6) is 0. The second-order valence-electron chi connectivity index (χ2n) is 4.00. The first-order chi connectivity index (χ1) is 8.77. The van der Waals surface area contributed by atoms with Crippen LogP contribution in [0.25, 0.3) is 11.3 Å². The molecular weight excluding hydrogens is 244 g/mol. The minimum Gasteiger partial charge on any atom is -0.370 e. The van der Waals surface area contributed by atoms with Crippen LogP contribution in [0.4, 0.5) is 0 Å². The van der Waals surface area contributed by atoms with E-state index in [0.717, 1.165) is 5.20 Å². The normalized spacial score (nSPS) is 13.8. The molecule has 3 nitrogen and oxygen atoms in total. The number of fused-ring (bicyclic) bond motifs is 1. The molecule has 1 aromatic carbocycles. The molecule has 0 saturated carbocycles. The van der Waals surface area contributed by atoms with Crippen molar-refractivity contribution < 1.29 is 13.3 Å². The van der Waals surface area contributed by atoms with Crippen LogP contribution in [0.15, 0.2) is 24.3 Å². The van der Waals surface area contributed by atoms with Crippen molar-refractivity contribution in [3.63, 3.8) is 0 Å². The molecule has 0 spiro atoms. The predicted octanol–water partition coefficient (Wildman–Crippen LogP) is 3.13. The molecule has 0 atom stereocenters. The fourth-order valence-corrected chi connectivity index (χ4v) is 4.95. The number of hydrogen-bond acceptors (Lipinski definition) is 3. The molecule has 1 aliphatic carbocycles. The minimum absolute atomic E-state index is 0.603. The van der Waals surface area contributed by atoms with Crippen molar-refractivity contribution in [3.8, 4) is 0 Å². The van der Waals surface area contributed by atoms with Gasteiger partial charge in [-0.25, -0.2) is 0 Å². The van der Waals surface area contributed by atoms with Gasteiger partial charge in [-0.15, -0.1) is 0 Å². The van der Waals surface area contributed by atoms with E-state index in [1.165, 1.54) is 11.1 Å². The van der Waals surface area contributed by atoms with Gasteiger partial charge in [0.2, 0.25) is 0 Å². The van der Waals surface area contributed by atoms with Crippen LogP contribution >= 0.6 is 0 Å². The monoisotopic (exact) mass is 264 g/mol. The Hall–Kier alpha value is -0.943. The van der Waals surface area contributed by atoms with Crippen LogP contribution in [0.5, 0.6) is 0 Å². The first-order valence-electron chi connectivity index (χ1n) is 6.50. The standard InChI is InChI=1S/C14H20O3Si/c1-4-15-18(16-5-2,17-6-3)14-11-12-9-7-8-10-13(12)14/h7-11H,4-6H2,1-3H3. The van der Waals surface area contributed by atoms with Gasteiger partial charge in [-0.1, -0.05) is 24.3 Å². The Morgan fingerprint density at radius 1 is 0.889 bits per heavy atom. The molecule has 0 aliphatic heterocycles. The summed E-state index contributed by atoms with van der Waals surface area (Å²) in [4.78, 5) is 0. The summed E-state index contributed by atoms with van der Waals surface area (Å²) in [5, 5.41) is 1.11. The summed E-state index contributed by atoms with van der Waals surface area (Å²) in [5.41, 5.74) is 2.45. The highest BCUT2D eigenvalue weighted by Gasteiger charge is 2.48. The van der Waals surface area contributed by atoms with Gasteiger partial charge in [0.05, 0.1) is 0 Å². The summed E-state index contributed by atoms with van der Waals surface area (Å²) in [7, 11) is -2.70. The molecule has 1 aliphatic rings. The van der Waals surface area contributed by atoms with Crippen molar-refractivity contribution in [2.45, 2.75) is 20.8 Å². The summed E-state index contributed by atoms with van der Waals surface area (Å²) >= 11 is 0. The molecule has 0 fully saturated rings. The van der Waals surface area contributed by atoms with E-state index in [1.807, 2.05) is 32.9 Å². The molecule has 0 unspecified atom stereocenters. The number of hydrogen-bond donors (Lipinski definition) is 0. The Bertz CT molecular complexity index is 425. The zero-order valence-electron chi connectivity index (χ0n) is 11.2. The zero-order valence-corrected chi connectivity index (χ0v) is 12.2. The second-order valence-corrected chi connectivity index (χ2v) is 6.52. The summed E-state index contributed by atoms with van der Waals surface area (Å²) in [6.45, 7) is 7.74. The van der Waals surface area contributed by atoms with E-state index >= 15 is 0 Å². The summed E-state index contributed by atoms with van der Waals surface area (Å²) in [6, 6.07) is 8.28. The summed E-state index contributed by atoms with van der Waals surface area (Å²) < 4.78 is 17.7. The molecular formula is C14H20O3Si. The van der Waals surface area contributed by atoms with Crippen molar-refractivity contribution in [1.82, 2.24) is 0 Å². The van der Waals surface area contributed by atoms with Crippen molar-refractivity contribution in [2.24, 2.45) is 0 Å². The van der Waals surface area contributed by atoms with Crippen LogP contribution in [0, 0.1) is 0 Å². The molecule has 0 aromatic heterocycles. The molecule has 0 N–H and O–H groups in total. The Balaban J connectivity index is 2.30. The largest absolute Gasteiger partial charge is 0.537 e. The number of rotatable bonds is 7. The fraction of sp³-hybridized carbons (Fsp3) is 0.429. The Morgan fingerprint density at radius 2 is 1.44 bits per heavy atom. The third kappa shape index (κ3) is 2.29. The zero-order chi connectivity index (χ0) is 13.0. The molecule has 98 valence electrons. The lowest BCUT2D eigenvalue weighted by molar-refractivity contribution is 0.0871. The van der Waals surface area contributed by atoms with Gasteiger partial charge in [-0.05, 0) is 38.0 Å². The molecule has 0 heterocycles. The quantitative estimate of drug-likeness (QED) is 0.708. The third-order valence-corrected chi connectivity index (χ3v) is 5.96. The van der Waals surface area contributed by atoms with Crippen LogP contribution in [0.3, 0.4) is 0 Å². The first-order valence-corrected chi connectivity index (χ1v) is 8.23. The first kappa shape index (κ1) is 13.5. The minimum atomic E-state index is -2.70. The van der Waals surface area contributed by atoms with Gasteiger partial charge in [-0.3, -0.25) is 0 Å². The molecule has 0 amide bonds. The van der Waals surface area contributed by atoms with Crippen LogP contribution in [0.1, 0.15) is 31.9 Å². The van der Waals surface area contributed by atoms with E-state index in [9.17, 15) is 0 Å². The number of benzene rings is 1. The molecule has 2 rings (SSSR count). The van der Waals surface area contributed by atoms with E-state index < -0.39 is 8.80 Å². The maximum absolute atomic E-state index is 5.90. The molecule has 1 aromatic rings. The summed E-state index contributed by atoms with van der Waals surface area (Å²) in [6.07, 6.45) is 2.13. The average Bonchev–Trinajstić information content (AvgIpc) is 2.32. The van der Waals surface area contributed by atoms with E-state index in [0.29, 0.717) is 19.8 Å². The van der Waals surface area contributed by atoms with Gasteiger partial charge in [0.15, 0.2) is 0 Å². The van der Waals surface area contributed by atoms with Gasteiger partial charge < -0.3 is 13.3 Å². The molecule has 0 bridgehead atoms. The van der Waals surface area contributed by atoms with Crippen LogP contribution in [-0.4, -0.2) is 28.6 Å². The lowest BCUT2D eigenvalue weighted by Gasteiger charge is -2.34. The smallest absolute Gasteiger partial charge is 0.370 e. The van der Waals surface area contributed by atoms with Crippen LogP contribution in [-0.2, 0) is 13.3 Å². The predicted molar refractivity (Wildman–Crippen MR) is 74.9 cm³/mol. The van der Waals surface area contributed by atoms with Crippen molar-refractivity contribution >= 4 is 20.1 Å². The van der Waals surface area contributed by atoms with Gasteiger partial charge >= 0.3 is 8.80 Å². The second kappa shape index (κ2) is 5.80. The van der Waals surface area contributed by atoms with Crippen molar-refractivity contribution in [1.29, 1.82) is 0 Å². The third-order valence-electron chi connectivity index (χ3n) is 2.88. The maximum Gasteiger partial charge on any atom is 0.537 e. The maximum atomic E-state index is 5.90. The average molecular weight is 264 g/mol. The van der Waals surface area contributed by atoms with Crippen molar-refractivity contribution in [3.05, 3.63) is 35.4 Å². The van der Waals surface area contributed by atoms with Crippen LogP contribution < -0.4 is 0 Å². The van der Waals surface area contributed by atoms with Crippen molar-refractivity contribution in [2.75, 3.05) is 19.8 Å². The topological polar surface area (TPSA) is 27.7 Å². The van der Waals surface area contributed by atoms with Gasteiger partial charge in [0.25, 0.3) is 0 Å². The Morgan fingerprint density at radius 3 is 1.94 bits per heavy atom. The van der Waals surface area contributed by atoms with E-state index in [1.54, 1.807) is 0 Å². The van der Waals surface area contributed by atoms with E-state index in [2.05, 4.69) is 18.2 Å². The fourth-order valence-electron chi connectivity index (χ4n) is 2.21. The lowest BCUT2D eigenvalue weighted by atomic mass is 9.98. The highest BCUT2D eigenvalue weighted by molar-refractivity contribution is 6.83. The highest BCUT2D eigenvalue weighted by atomic mass is 28.4. The molecule has 0 radical (unpaired) electrons. The Labute approximate surface area is 110 Å². The van der Waals surface area contributed by atoms with Gasteiger partial charge in [-0.2, -0.15) is 0 Å². The lowest BCUT2D eigenvalue weighted by Crippen LogP contribution is -2.49. The SMILES string of the molecule is CCO[Si](OCC)(OCC)C1=Cc2ccccc21. The van der Waals surface area contributed by atoms with E-state index in [4.69, 9.17) is 13.3 Å². The van der Waals surface area contributed by atoms with E-state index in [-0.39, 0.29) is 0 Å². The van der Waals surface area contributed by atoms with Gasteiger partial charge in [0, 0.05) is 25.0 Å². The van der Waals surface area contributed by atoms with Crippen LogP contribution in [0.2, 0.25) is 0 Å². The molecule has 18 heavy (non-hydrogen) atoms. The Kier molecular flexibility index (Phi) is 4.34.